The molecule has 0 amide bonds. The van der Waals surface area contributed by atoms with E-state index in [0.717, 1.165) is 28.4 Å². The van der Waals surface area contributed by atoms with Gasteiger partial charge in [0.25, 0.3) is 0 Å². The van der Waals surface area contributed by atoms with Gasteiger partial charge in [-0.3, -0.25) is 0 Å². The monoisotopic (exact) mass is 912 g/mol. The molecule has 0 aromatic heterocycles. The van der Waals surface area contributed by atoms with Crippen LogP contribution in [0.5, 0.6) is 0 Å². The van der Waals surface area contributed by atoms with Crippen LogP contribution in [0.4, 0.5) is 51.2 Å². The number of rotatable bonds is 9. The van der Waals surface area contributed by atoms with Crippen molar-refractivity contribution in [3.8, 4) is 0 Å². The number of para-hydroxylation sites is 3. The number of aryl methyl sites for hydroxylation is 11. The summed E-state index contributed by atoms with van der Waals surface area (Å²) in [4.78, 5) is 7.52. The summed E-state index contributed by atoms with van der Waals surface area (Å²) in [6.07, 6.45) is 0. The normalized spacial score (nSPS) is 12.7. The Morgan fingerprint density at radius 2 is 0.714 bits per heavy atom. The molecule has 9 aromatic carbocycles. The van der Waals surface area contributed by atoms with E-state index in [4.69, 9.17) is 0 Å². The molecule has 0 radical (unpaired) electrons. The summed E-state index contributed by atoms with van der Waals surface area (Å²) in [6, 6.07) is 66.7. The van der Waals surface area contributed by atoms with Gasteiger partial charge in [0.15, 0.2) is 0 Å². The number of benzene rings is 9. The molecular weight excluding hydrogens is 847 g/mol. The second-order valence-corrected chi connectivity index (χ2v) is 20.1. The fourth-order valence-electron chi connectivity index (χ4n) is 11.3. The fraction of sp³-hybridized carbons (Fsp3) is 0.194. The van der Waals surface area contributed by atoms with Crippen LogP contribution in [-0.4, -0.2) is 0 Å². The number of anilines is 9. The summed E-state index contributed by atoms with van der Waals surface area (Å²) in [7, 11) is 0. The molecule has 0 fully saturated rings. The van der Waals surface area contributed by atoms with Crippen molar-refractivity contribution in [1.82, 2.24) is 0 Å². The molecule has 0 aliphatic carbocycles. The Labute approximate surface area is 417 Å². The van der Waals surface area contributed by atoms with Gasteiger partial charge in [0, 0.05) is 34.1 Å². The third-order valence-electron chi connectivity index (χ3n) is 15.5. The van der Waals surface area contributed by atoms with Crippen LogP contribution in [0.3, 0.4) is 0 Å². The van der Waals surface area contributed by atoms with E-state index in [1.54, 1.807) is 0 Å². The summed E-state index contributed by atoms with van der Waals surface area (Å²) in [5.74, 6) is 0. The van der Waals surface area contributed by atoms with Crippen molar-refractivity contribution < 1.29 is 0 Å². The van der Waals surface area contributed by atoms with Crippen LogP contribution in [-0.2, 0) is 5.41 Å². The van der Waals surface area contributed by atoms with Gasteiger partial charge in [-0.15, -0.1) is 0 Å². The van der Waals surface area contributed by atoms with E-state index < -0.39 is 5.41 Å². The second-order valence-electron chi connectivity index (χ2n) is 20.1. The van der Waals surface area contributed by atoms with Crippen molar-refractivity contribution in [2.75, 3.05) is 14.7 Å². The largest absolute Gasteiger partial charge is 0.310 e. The van der Waals surface area contributed by atoms with Crippen LogP contribution in [0.2, 0.25) is 0 Å². The number of nitrogens with zero attached hydrogens (tertiary/aromatic N) is 3. The zero-order chi connectivity index (χ0) is 49.2. The van der Waals surface area contributed by atoms with Crippen molar-refractivity contribution >= 4 is 51.2 Å². The zero-order valence-electron chi connectivity index (χ0n) is 43.1. The van der Waals surface area contributed by atoms with Crippen LogP contribution in [0, 0.1) is 83.1 Å². The van der Waals surface area contributed by atoms with Gasteiger partial charge >= 0.3 is 0 Å². The Bertz CT molecular complexity index is 3380. The van der Waals surface area contributed by atoms with Crippen LogP contribution in [0.15, 0.2) is 176 Å². The highest BCUT2D eigenvalue weighted by Crippen LogP contribution is 2.59. The van der Waals surface area contributed by atoms with Gasteiger partial charge in [-0.05, 0) is 239 Å². The minimum Gasteiger partial charge on any atom is -0.310 e. The molecule has 0 saturated carbocycles. The van der Waals surface area contributed by atoms with Gasteiger partial charge in [-0.25, -0.2) is 0 Å². The maximum absolute atomic E-state index is 2.54. The molecule has 9 aromatic rings. The third-order valence-corrected chi connectivity index (χ3v) is 15.5. The van der Waals surface area contributed by atoms with E-state index in [2.05, 4.69) is 274 Å². The first-order valence-corrected chi connectivity index (χ1v) is 24.8. The van der Waals surface area contributed by atoms with E-state index in [-0.39, 0.29) is 0 Å². The van der Waals surface area contributed by atoms with Crippen LogP contribution in [0.1, 0.15) is 89.0 Å². The minimum atomic E-state index is -0.771. The van der Waals surface area contributed by atoms with E-state index in [1.807, 2.05) is 0 Å². The molecule has 0 spiro atoms. The molecule has 1 aliphatic rings. The van der Waals surface area contributed by atoms with Gasteiger partial charge in [0.2, 0.25) is 0 Å². The first-order valence-electron chi connectivity index (χ1n) is 24.8. The smallest absolute Gasteiger partial charge is 0.0743 e. The van der Waals surface area contributed by atoms with E-state index >= 15 is 0 Å². The first-order chi connectivity index (χ1) is 33.7. The predicted octanol–water partition coefficient (Wildman–Crippen LogP) is 18.5. The van der Waals surface area contributed by atoms with Crippen molar-refractivity contribution in [3.63, 3.8) is 0 Å². The van der Waals surface area contributed by atoms with Crippen LogP contribution in [0.25, 0.3) is 0 Å². The Hall–Kier alpha value is -7.62. The highest BCUT2D eigenvalue weighted by Gasteiger charge is 2.47. The second kappa shape index (κ2) is 18.0. The molecule has 0 atom stereocenters. The summed E-state index contributed by atoms with van der Waals surface area (Å²) >= 11 is 0. The lowest BCUT2D eigenvalue weighted by molar-refractivity contribution is 0.731. The molecule has 0 bridgehead atoms. The Kier molecular flexibility index (Phi) is 11.9. The van der Waals surface area contributed by atoms with Crippen molar-refractivity contribution in [1.29, 1.82) is 0 Å². The molecular formula is C67H65N3. The predicted molar refractivity (Wildman–Crippen MR) is 299 cm³/mol. The minimum absolute atomic E-state index is 0.771. The average molecular weight is 912 g/mol. The summed E-state index contributed by atoms with van der Waals surface area (Å²) < 4.78 is 0. The van der Waals surface area contributed by atoms with E-state index in [9.17, 15) is 0 Å². The molecule has 70 heavy (non-hydrogen) atoms. The maximum atomic E-state index is 2.54. The van der Waals surface area contributed by atoms with Crippen molar-refractivity contribution in [3.05, 3.63) is 265 Å². The van der Waals surface area contributed by atoms with Crippen molar-refractivity contribution in [2.45, 2.75) is 88.5 Å². The van der Waals surface area contributed by atoms with E-state index in [1.165, 1.54) is 112 Å². The quantitative estimate of drug-likeness (QED) is 0.143. The van der Waals surface area contributed by atoms with Gasteiger partial charge in [0.05, 0.1) is 22.5 Å². The molecule has 10 rings (SSSR count). The maximum Gasteiger partial charge on any atom is 0.0743 e. The summed E-state index contributed by atoms with van der Waals surface area (Å²) in [5, 5.41) is 0. The molecule has 1 heterocycles. The molecule has 3 heteroatoms. The average Bonchev–Trinajstić information content (AvgIpc) is 3.35. The van der Waals surface area contributed by atoms with E-state index in [0.29, 0.717) is 0 Å². The summed E-state index contributed by atoms with van der Waals surface area (Å²) in [6.45, 7) is 26.9. The molecule has 0 saturated heterocycles. The SMILES string of the molecule is Cc1cc(C)c(N(c2cccc(C3(c4cccc(N(c5cc(C)c(C)cc5C)c5c(C)ccc(C)c5C)c4)c4ccccc4N(c4ccccc4)c4ccccc43)c2)c2cc(C)c(C)cc2C)cc1C. The molecule has 348 valence electrons. The van der Waals surface area contributed by atoms with Gasteiger partial charge in [-0.1, -0.05) is 109 Å². The first kappa shape index (κ1) is 46.1. The molecule has 0 N–H and O–H groups in total. The standard InChI is InChI=1S/C67H65N3/c1-42-32-33-43(2)66(53(42)12)70(65-39-49(8)46(5)36-52(65)11)58-27-21-23-55(41-58)67(59-28-16-18-30-61(59)68(56-24-14-13-15-25-56)62-31-19-17-29-60(62)67)54-22-20-26-57(40-54)69(63-37-47(6)44(3)34-50(63)9)64-38-48(7)45(4)35-51(64)10/h13-41H,1-12H3. The number of hydrogen-bond acceptors (Lipinski definition) is 3. The van der Waals surface area contributed by atoms with Gasteiger partial charge in [0.1, 0.15) is 0 Å². The summed E-state index contributed by atoms with van der Waals surface area (Å²) in [5.41, 5.74) is 29.7. The molecule has 1 aliphatic heterocycles. The Morgan fingerprint density at radius 3 is 1.20 bits per heavy atom. The lowest BCUT2D eigenvalue weighted by atomic mass is 9.62. The Balaban J connectivity index is 1.32. The van der Waals surface area contributed by atoms with Crippen LogP contribution >= 0.6 is 0 Å². The van der Waals surface area contributed by atoms with Gasteiger partial charge < -0.3 is 14.7 Å². The lowest BCUT2D eigenvalue weighted by Gasteiger charge is -2.47. The highest BCUT2D eigenvalue weighted by molar-refractivity contribution is 5.91. The topological polar surface area (TPSA) is 9.72 Å². The zero-order valence-corrected chi connectivity index (χ0v) is 43.1. The third kappa shape index (κ3) is 7.60. The number of fused-ring (bicyclic) bond motifs is 2. The van der Waals surface area contributed by atoms with Crippen molar-refractivity contribution in [2.24, 2.45) is 0 Å². The molecule has 0 unspecified atom stereocenters. The fourth-order valence-corrected chi connectivity index (χ4v) is 11.3. The Morgan fingerprint density at radius 1 is 0.314 bits per heavy atom. The van der Waals surface area contributed by atoms with Crippen LogP contribution < -0.4 is 14.7 Å². The lowest BCUT2D eigenvalue weighted by Crippen LogP contribution is -2.38. The molecule has 3 nitrogen and oxygen atoms in total. The highest BCUT2D eigenvalue weighted by atomic mass is 15.2. The van der Waals surface area contributed by atoms with Gasteiger partial charge in [-0.2, -0.15) is 0 Å². The number of hydrogen-bond donors (Lipinski definition) is 0.